The molecule has 2 aromatic carbocycles. The van der Waals surface area contributed by atoms with E-state index < -0.39 is 23.4 Å². The van der Waals surface area contributed by atoms with Gasteiger partial charge in [-0.3, -0.25) is 19.5 Å². The third-order valence-electron chi connectivity index (χ3n) is 5.13. The largest absolute Gasteiger partial charge is 0.325 e. The third kappa shape index (κ3) is 3.31. The van der Waals surface area contributed by atoms with Gasteiger partial charge in [0.05, 0.1) is 11.2 Å². The smallest absolute Gasteiger partial charge is 0.324 e. The molecule has 2 heterocycles. The van der Waals surface area contributed by atoms with Gasteiger partial charge in [0.25, 0.3) is 5.91 Å². The van der Waals surface area contributed by atoms with Crippen LogP contribution in [-0.2, 0) is 15.1 Å². The number of nitrogens with one attached hydrogen (secondary N) is 2. The fourth-order valence-corrected chi connectivity index (χ4v) is 3.47. The number of hydrogen-bond acceptors (Lipinski definition) is 4. The van der Waals surface area contributed by atoms with Crippen molar-refractivity contribution in [2.45, 2.75) is 19.4 Å². The molecule has 0 spiro atoms. The van der Waals surface area contributed by atoms with Gasteiger partial charge in [0, 0.05) is 11.6 Å². The standard InChI is InChI=1S/C22H20N4O3/c1-14-8-10-15(11-9-14)22(2)20(28)26(21(29)25-22)13-19(27)24-18-7-3-6-17-16(18)5-4-12-23-17/h3-12H,13H2,1-2H3,(H,24,27)(H,25,29). The molecule has 7 nitrogen and oxygen atoms in total. The van der Waals surface area contributed by atoms with Gasteiger partial charge in [-0.2, -0.15) is 0 Å². The lowest BCUT2D eigenvalue weighted by Crippen LogP contribution is -2.42. The van der Waals surface area contributed by atoms with Crippen LogP contribution in [0.2, 0.25) is 0 Å². The van der Waals surface area contributed by atoms with E-state index in [0.717, 1.165) is 21.4 Å². The van der Waals surface area contributed by atoms with Gasteiger partial charge in [0.15, 0.2) is 0 Å². The number of rotatable bonds is 4. The number of amides is 4. The molecule has 0 aliphatic carbocycles. The second-order valence-electron chi connectivity index (χ2n) is 7.24. The molecule has 146 valence electrons. The maximum absolute atomic E-state index is 13.0. The van der Waals surface area contributed by atoms with Crippen molar-refractivity contribution in [2.75, 3.05) is 11.9 Å². The lowest BCUT2D eigenvalue weighted by Gasteiger charge is -2.22. The zero-order chi connectivity index (χ0) is 20.6. The summed E-state index contributed by atoms with van der Waals surface area (Å²) in [5.41, 5.74) is 1.84. The summed E-state index contributed by atoms with van der Waals surface area (Å²) in [7, 11) is 0. The molecule has 29 heavy (non-hydrogen) atoms. The van der Waals surface area contributed by atoms with Gasteiger partial charge in [-0.15, -0.1) is 0 Å². The number of urea groups is 1. The van der Waals surface area contributed by atoms with Crippen molar-refractivity contribution in [2.24, 2.45) is 0 Å². The van der Waals surface area contributed by atoms with Crippen molar-refractivity contribution in [1.82, 2.24) is 15.2 Å². The molecular formula is C22H20N4O3. The summed E-state index contributed by atoms with van der Waals surface area (Å²) in [5, 5.41) is 6.27. The number of imide groups is 1. The van der Waals surface area contributed by atoms with E-state index in [1.54, 1.807) is 43.5 Å². The van der Waals surface area contributed by atoms with E-state index >= 15 is 0 Å². The normalized spacial score (nSPS) is 18.8. The quantitative estimate of drug-likeness (QED) is 0.672. The SMILES string of the molecule is Cc1ccc(C2(C)NC(=O)N(CC(=O)Nc3cccc4ncccc34)C2=O)cc1. The van der Waals surface area contributed by atoms with Crippen LogP contribution in [0.15, 0.2) is 60.8 Å². The second-order valence-corrected chi connectivity index (χ2v) is 7.24. The van der Waals surface area contributed by atoms with Gasteiger partial charge in [0.1, 0.15) is 12.1 Å². The summed E-state index contributed by atoms with van der Waals surface area (Å²) in [4.78, 5) is 43.2. The Morgan fingerprint density at radius 2 is 1.86 bits per heavy atom. The lowest BCUT2D eigenvalue weighted by atomic mass is 9.91. The van der Waals surface area contributed by atoms with Crippen molar-refractivity contribution in [3.05, 3.63) is 71.9 Å². The van der Waals surface area contributed by atoms with Crippen molar-refractivity contribution in [3.63, 3.8) is 0 Å². The van der Waals surface area contributed by atoms with Crippen LogP contribution in [0.25, 0.3) is 10.9 Å². The molecule has 0 saturated carbocycles. The van der Waals surface area contributed by atoms with Crippen LogP contribution in [0.1, 0.15) is 18.1 Å². The molecule has 3 aromatic rings. The van der Waals surface area contributed by atoms with Gasteiger partial charge in [-0.25, -0.2) is 4.79 Å². The zero-order valence-corrected chi connectivity index (χ0v) is 16.1. The van der Waals surface area contributed by atoms with Gasteiger partial charge in [0.2, 0.25) is 5.91 Å². The van der Waals surface area contributed by atoms with E-state index in [0.29, 0.717) is 11.3 Å². The highest BCUT2D eigenvalue weighted by molar-refractivity contribution is 6.11. The van der Waals surface area contributed by atoms with Gasteiger partial charge in [-0.05, 0) is 43.7 Å². The van der Waals surface area contributed by atoms with Crippen LogP contribution in [0.3, 0.4) is 0 Å². The van der Waals surface area contributed by atoms with Crippen LogP contribution in [-0.4, -0.2) is 34.3 Å². The average molecular weight is 388 g/mol. The molecule has 1 aromatic heterocycles. The van der Waals surface area contributed by atoms with Crippen LogP contribution >= 0.6 is 0 Å². The molecule has 2 N–H and O–H groups in total. The van der Waals surface area contributed by atoms with E-state index in [4.69, 9.17) is 0 Å². The highest BCUT2D eigenvalue weighted by Gasteiger charge is 2.49. The van der Waals surface area contributed by atoms with E-state index in [2.05, 4.69) is 15.6 Å². The maximum Gasteiger partial charge on any atom is 0.325 e. The number of aryl methyl sites for hydroxylation is 1. The Balaban J connectivity index is 1.53. The van der Waals surface area contributed by atoms with Crippen LogP contribution in [0.4, 0.5) is 10.5 Å². The summed E-state index contributed by atoms with van der Waals surface area (Å²) in [6, 6.07) is 15.8. The second kappa shape index (κ2) is 7.01. The van der Waals surface area contributed by atoms with Crippen LogP contribution < -0.4 is 10.6 Å². The van der Waals surface area contributed by atoms with E-state index in [9.17, 15) is 14.4 Å². The summed E-state index contributed by atoms with van der Waals surface area (Å²) in [6.45, 7) is 3.22. The third-order valence-corrected chi connectivity index (χ3v) is 5.13. The minimum Gasteiger partial charge on any atom is -0.324 e. The van der Waals surface area contributed by atoms with Crippen LogP contribution in [0, 0.1) is 6.92 Å². The molecule has 0 bridgehead atoms. The molecule has 7 heteroatoms. The predicted molar refractivity (Wildman–Crippen MR) is 109 cm³/mol. The molecule has 1 fully saturated rings. The first-order chi connectivity index (χ1) is 13.9. The fourth-order valence-electron chi connectivity index (χ4n) is 3.47. The molecule has 1 aliphatic rings. The van der Waals surface area contributed by atoms with E-state index in [-0.39, 0.29) is 6.54 Å². The first kappa shape index (κ1) is 18.6. The highest BCUT2D eigenvalue weighted by Crippen LogP contribution is 2.29. The molecule has 4 rings (SSSR count). The van der Waals surface area contributed by atoms with Gasteiger partial charge >= 0.3 is 6.03 Å². The molecule has 1 unspecified atom stereocenters. The first-order valence-electron chi connectivity index (χ1n) is 9.23. The monoisotopic (exact) mass is 388 g/mol. The number of pyridine rings is 1. The first-order valence-corrected chi connectivity index (χ1v) is 9.23. The van der Waals surface area contributed by atoms with Gasteiger partial charge in [-0.1, -0.05) is 35.9 Å². The number of benzene rings is 2. The number of aromatic nitrogens is 1. The Morgan fingerprint density at radius 3 is 2.62 bits per heavy atom. The highest BCUT2D eigenvalue weighted by atomic mass is 16.2. The summed E-state index contributed by atoms with van der Waals surface area (Å²) >= 11 is 0. The molecule has 0 radical (unpaired) electrons. The van der Waals surface area contributed by atoms with Gasteiger partial charge < -0.3 is 10.6 Å². The fraction of sp³-hybridized carbons (Fsp3) is 0.182. The van der Waals surface area contributed by atoms with Crippen LogP contribution in [0.5, 0.6) is 0 Å². The molecule has 1 aliphatic heterocycles. The van der Waals surface area contributed by atoms with Crippen molar-refractivity contribution < 1.29 is 14.4 Å². The summed E-state index contributed by atoms with van der Waals surface area (Å²) in [5.74, 6) is -0.918. The zero-order valence-electron chi connectivity index (χ0n) is 16.1. The Bertz CT molecular complexity index is 1120. The number of carbonyl (C=O) groups is 3. The number of carbonyl (C=O) groups excluding carboxylic acids is 3. The number of nitrogens with zero attached hydrogens (tertiary/aromatic N) is 2. The Morgan fingerprint density at radius 1 is 1.10 bits per heavy atom. The number of anilines is 1. The van der Waals surface area contributed by atoms with Crippen molar-refractivity contribution >= 4 is 34.4 Å². The Labute approximate surface area is 167 Å². The lowest BCUT2D eigenvalue weighted by molar-refractivity contribution is -0.133. The molecule has 4 amide bonds. The number of hydrogen-bond donors (Lipinski definition) is 2. The molecule has 1 atom stereocenters. The van der Waals surface area contributed by atoms with Crippen molar-refractivity contribution in [1.29, 1.82) is 0 Å². The van der Waals surface area contributed by atoms with Crippen molar-refractivity contribution in [3.8, 4) is 0 Å². The number of fused-ring (bicyclic) bond motifs is 1. The maximum atomic E-state index is 13.0. The molecule has 1 saturated heterocycles. The summed E-state index contributed by atoms with van der Waals surface area (Å²) < 4.78 is 0. The predicted octanol–water partition coefficient (Wildman–Crippen LogP) is 2.95. The molecular weight excluding hydrogens is 368 g/mol. The van der Waals surface area contributed by atoms with E-state index in [1.165, 1.54) is 0 Å². The Kier molecular flexibility index (Phi) is 4.50. The minimum atomic E-state index is -1.20. The Hall–Kier alpha value is -3.74. The summed E-state index contributed by atoms with van der Waals surface area (Å²) in [6.07, 6.45) is 1.67. The average Bonchev–Trinajstić information content (AvgIpc) is 2.92. The minimum absolute atomic E-state index is 0.372. The topological polar surface area (TPSA) is 91.4 Å². The van der Waals surface area contributed by atoms with E-state index in [1.807, 2.05) is 31.2 Å².